The number of para-hydroxylation sites is 1. The molecule has 1 N–H and O–H groups in total. The Labute approximate surface area is 157 Å². The summed E-state index contributed by atoms with van der Waals surface area (Å²) in [5, 5.41) is 8.45. The molecule has 1 aliphatic rings. The van der Waals surface area contributed by atoms with Gasteiger partial charge in [-0.2, -0.15) is 5.10 Å². The highest BCUT2D eigenvalue weighted by Crippen LogP contribution is 2.39. The van der Waals surface area contributed by atoms with Crippen LogP contribution in [0.2, 0.25) is 5.02 Å². The van der Waals surface area contributed by atoms with E-state index in [4.69, 9.17) is 16.7 Å². The van der Waals surface area contributed by atoms with Crippen LogP contribution in [0.15, 0.2) is 60.7 Å². The molecule has 4 rings (SSSR count). The van der Waals surface area contributed by atoms with Gasteiger partial charge >= 0.3 is 0 Å². The summed E-state index contributed by atoms with van der Waals surface area (Å²) in [5.74, 6) is 0.357. The Morgan fingerprint density at radius 3 is 2.50 bits per heavy atom. The van der Waals surface area contributed by atoms with Crippen molar-refractivity contribution in [3.63, 3.8) is 0 Å². The van der Waals surface area contributed by atoms with E-state index >= 15 is 0 Å². The molecule has 2 aromatic carbocycles. The minimum absolute atomic E-state index is 0.122. The van der Waals surface area contributed by atoms with Gasteiger partial charge in [-0.3, -0.25) is 4.79 Å². The summed E-state index contributed by atoms with van der Waals surface area (Å²) in [5.41, 5.74) is 3.47. The van der Waals surface area contributed by atoms with Crippen LogP contribution in [0.1, 0.15) is 53.5 Å². The number of hydrogen-bond acceptors (Lipinski definition) is 2. The predicted molar refractivity (Wildman–Crippen MR) is 103 cm³/mol. The molecular weight excluding hydrogens is 346 g/mol. The Balaban J connectivity index is 1.61. The zero-order chi connectivity index (χ0) is 18.1. The topological polar surface area (TPSA) is 46.9 Å². The molecule has 0 aliphatic heterocycles. The summed E-state index contributed by atoms with van der Waals surface area (Å²) >= 11 is 5.95. The van der Waals surface area contributed by atoms with Crippen molar-refractivity contribution in [3.05, 3.63) is 82.6 Å². The molecule has 1 amide bonds. The molecule has 3 aromatic rings. The highest BCUT2D eigenvalue weighted by atomic mass is 35.5. The van der Waals surface area contributed by atoms with Gasteiger partial charge in [0.1, 0.15) is 5.69 Å². The normalized spacial score (nSPS) is 14.8. The number of hydrogen-bond donors (Lipinski definition) is 1. The fraction of sp³-hybridized carbons (Fsp3) is 0.238. The number of carbonyl (C=O) groups excluding carboxylic acids is 1. The molecule has 26 heavy (non-hydrogen) atoms. The number of rotatable bonds is 5. The molecular formula is C21H20ClN3O. The standard InChI is InChI=1S/C21H20ClN3O/c1-14(15-9-11-17(22)12-10-15)23-21(26)20-13-19(16-7-8-16)24-25(20)18-5-3-2-4-6-18/h2-6,9-14,16H,7-8H2,1H3,(H,23,26). The van der Waals surface area contributed by atoms with Crippen molar-refractivity contribution in [2.24, 2.45) is 0 Å². The van der Waals surface area contributed by atoms with Crippen molar-refractivity contribution in [1.82, 2.24) is 15.1 Å². The van der Waals surface area contributed by atoms with E-state index in [1.807, 2.05) is 67.6 Å². The third-order valence-corrected chi connectivity index (χ3v) is 4.93. The molecule has 1 unspecified atom stereocenters. The number of amides is 1. The second-order valence-corrected chi connectivity index (χ2v) is 7.16. The molecule has 1 heterocycles. The summed E-state index contributed by atoms with van der Waals surface area (Å²) in [6, 6.07) is 19.1. The lowest BCUT2D eigenvalue weighted by Gasteiger charge is -2.15. The lowest BCUT2D eigenvalue weighted by Crippen LogP contribution is -2.28. The molecule has 5 heteroatoms. The van der Waals surface area contributed by atoms with Crippen molar-refractivity contribution in [3.8, 4) is 5.69 Å². The van der Waals surface area contributed by atoms with E-state index in [1.54, 1.807) is 4.68 Å². The van der Waals surface area contributed by atoms with Crippen LogP contribution in [0.5, 0.6) is 0 Å². The monoisotopic (exact) mass is 365 g/mol. The second kappa shape index (κ2) is 6.96. The summed E-state index contributed by atoms with van der Waals surface area (Å²) in [7, 11) is 0. The van der Waals surface area contributed by atoms with Gasteiger partial charge in [0.25, 0.3) is 5.91 Å². The van der Waals surface area contributed by atoms with Gasteiger partial charge in [0, 0.05) is 10.9 Å². The molecule has 0 radical (unpaired) electrons. The molecule has 132 valence electrons. The first-order valence-corrected chi connectivity index (χ1v) is 9.21. The molecule has 1 aromatic heterocycles. The Kier molecular flexibility index (Phi) is 4.51. The molecule has 1 saturated carbocycles. The number of halogens is 1. The number of carbonyl (C=O) groups is 1. The first-order valence-electron chi connectivity index (χ1n) is 8.83. The van der Waals surface area contributed by atoms with Crippen molar-refractivity contribution < 1.29 is 4.79 Å². The van der Waals surface area contributed by atoms with Gasteiger partial charge in [0.05, 0.1) is 17.4 Å². The van der Waals surface area contributed by atoms with Crippen LogP contribution in [0, 0.1) is 0 Å². The maximum absolute atomic E-state index is 12.9. The van der Waals surface area contributed by atoms with Gasteiger partial charge in [-0.05, 0) is 55.7 Å². The minimum Gasteiger partial charge on any atom is -0.344 e. The Morgan fingerprint density at radius 2 is 1.85 bits per heavy atom. The zero-order valence-corrected chi connectivity index (χ0v) is 15.3. The maximum atomic E-state index is 12.9. The summed E-state index contributed by atoms with van der Waals surface area (Å²) in [4.78, 5) is 12.9. The maximum Gasteiger partial charge on any atom is 0.270 e. The Bertz CT molecular complexity index is 914. The summed E-state index contributed by atoms with van der Waals surface area (Å²) in [6.07, 6.45) is 2.29. The van der Waals surface area contributed by atoms with E-state index in [0.29, 0.717) is 16.6 Å². The quantitative estimate of drug-likeness (QED) is 0.699. The van der Waals surface area contributed by atoms with Gasteiger partial charge in [0.2, 0.25) is 0 Å². The van der Waals surface area contributed by atoms with Crippen LogP contribution in [-0.4, -0.2) is 15.7 Å². The lowest BCUT2D eigenvalue weighted by molar-refractivity contribution is 0.0932. The van der Waals surface area contributed by atoms with Crippen molar-refractivity contribution in [2.75, 3.05) is 0 Å². The zero-order valence-electron chi connectivity index (χ0n) is 14.5. The van der Waals surface area contributed by atoms with E-state index in [1.165, 1.54) is 0 Å². The highest BCUT2D eigenvalue weighted by molar-refractivity contribution is 6.30. The van der Waals surface area contributed by atoms with Gasteiger partial charge < -0.3 is 5.32 Å². The molecule has 0 spiro atoms. The largest absolute Gasteiger partial charge is 0.344 e. The molecule has 1 atom stereocenters. The Hall–Kier alpha value is -2.59. The first-order chi connectivity index (χ1) is 12.6. The van der Waals surface area contributed by atoms with Crippen LogP contribution in [0.25, 0.3) is 5.69 Å². The fourth-order valence-corrected chi connectivity index (χ4v) is 3.14. The molecule has 1 aliphatic carbocycles. The molecule has 0 saturated heterocycles. The molecule has 0 bridgehead atoms. The summed E-state index contributed by atoms with van der Waals surface area (Å²) < 4.78 is 1.75. The van der Waals surface area contributed by atoms with Gasteiger partial charge in [-0.1, -0.05) is 41.9 Å². The number of aromatic nitrogens is 2. The molecule has 1 fully saturated rings. The molecule has 4 nitrogen and oxygen atoms in total. The van der Waals surface area contributed by atoms with Crippen LogP contribution < -0.4 is 5.32 Å². The van der Waals surface area contributed by atoms with Gasteiger partial charge in [-0.15, -0.1) is 0 Å². The van der Waals surface area contributed by atoms with Crippen LogP contribution >= 0.6 is 11.6 Å². The smallest absolute Gasteiger partial charge is 0.270 e. The van der Waals surface area contributed by atoms with E-state index < -0.39 is 0 Å². The number of benzene rings is 2. The first kappa shape index (κ1) is 16.9. The van der Waals surface area contributed by atoms with Gasteiger partial charge in [0.15, 0.2) is 0 Å². The number of nitrogens with one attached hydrogen (secondary N) is 1. The summed E-state index contributed by atoms with van der Waals surface area (Å²) in [6.45, 7) is 1.96. The predicted octanol–water partition coefficient (Wildman–Crippen LogP) is 4.89. The third kappa shape index (κ3) is 3.51. The van der Waals surface area contributed by atoms with E-state index in [0.717, 1.165) is 29.8 Å². The lowest BCUT2D eigenvalue weighted by atomic mass is 10.1. The average Bonchev–Trinajstić information content (AvgIpc) is 3.41. The van der Waals surface area contributed by atoms with Crippen LogP contribution in [-0.2, 0) is 0 Å². The van der Waals surface area contributed by atoms with E-state index in [9.17, 15) is 4.79 Å². The second-order valence-electron chi connectivity index (χ2n) is 6.72. The average molecular weight is 366 g/mol. The minimum atomic E-state index is -0.129. The van der Waals surface area contributed by atoms with Crippen LogP contribution in [0.4, 0.5) is 0 Å². The highest BCUT2D eigenvalue weighted by Gasteiger charge is 2.29. The van der Waals surface area contributed by atoms with Crippen molar-refractivity contribution in [2.45, 2.75) is 31.7 Å². The number of nitrogens with zero attached hydrogens (tertiary/aromatic N) is 2. The van der Waals surface area contributed by atoms with E-state index in [2.05, 4.69) is 5.32 Å². The van der Waals surface area contributed by atoms with Crippen LogP contribution in [0.3, 0.4) is 0 Å². The van der Waals surface area contributed by atoms with Crippen molar-refractivity contribution >= 4 is 17.5 Å². The third-order valence-electron chi connectivity index (χ3n) is 4.67. The SMILES string of the molecule is CC(NC(=O)c1cc(C2CC2)nn1-c1ccccc1)c1ccc(Cl)cc1. The van der Waals surface area contributed by atoms with Gasteiger partial charge in [-0.25, -0.2) is 4.68 Å². The van der Waals surface area contributed by atoms with Crippen molar-refractivity contribution in [1.29, 1.82) is 0 Å². The Morgan fingerprint density at radius 1 is 1.15 bits per heavy atom. The van der Waals surface area contributed by atoms with E-state index in [-0.39, 0.29) is 11.9 Å². The fourth-order valence-electron chi connectivity index (χ4n) is 3.01.